The van der Waals surface area contributed by atoms with E-state index in [4.69, 9.17) is 46.4 Å². The average molecular weight is 548 g/mol. The second-order valence-corrected chi connectivity index (χ2v) is 9.82. The van der Waals surface area contributed by atoms with E-state index in [1.807, 2.05) is 0 Å². The second kappa shape index (κ2) is 9.30. The van der Waals surface area contributed by atoms with Crippen molar-refractivity contribution in [1.82, 2.24) is 0 Å². The first kappa shape index (κ1) is 24.7. The molecule has 1 saturated carbocycles. The highest BCUT2D eigenvalue weighted by Crippen LogP contribution is 2.65. The molecule has 4 rings (SSSR count). The summed E-state index contributed by atoms with van der Waals surface area (Å²) in [7, 11) is 0. The van der Waals surface area contributed by atoms with Gasteiger partial charge in [-0.25, -0.2) is 13.2 Å². The average Bonchev–Trinajstić information content (AvgIpc) is 3.35. The second-order valence-electron chi connectivity index (χ2n) is 7.57. The van der Waals surface area contributed by atoms with Gasteiger partial charge in [-0.3, -0.25) is 9.59 Å². The largest absolute Gasteiger partial charge is 0.326 e. The predicted octanol–water partition coefficient (Wildman–Crippen LogP) is 7.19. The van der Waals surface area contributed by atoms with Crippen LogP contribution in [0.5, 0.6) is 0 Å². The van der Waals surface area contributed by atoms with Gasteiger partial charge in [0.2, 0.25) is 5.91 Å². The molecule has 0 unspecified atom stereocenters. The first-order valence-electron chi connectivity index (χ1n) is 9.68. The van der Waals surface area contributed by atoms with Gasteiger partial charge in [-0.2, -0.15) is 0 Å². The van der Waals surface area contributed by atoms with E-state index in [0.717, 1.165) is 12.1 Å². The normalized spacial score (nSPS) is 18.3. The maximum absolute atomic E-state index is 13.9. The van der Waals surface area contributed by atoms with Crippen LogP contribution in [0.1, 0.15) is 21.8 Å². The van der Waals surface area contributed by atoms with Crippen LogP contribution in [0, 0.1) is 23.4 Å². The van der Waals surface area contributed by atoms with E-state index in [1.165, 1.54) is 36.4 Å². The molecule has 2 amide bonds. The lowest BCUT2D eigenvalue weighted by Gasteiger charge is -2.11. The van der Waals surface area contributed by atoms with Gasteiger partial charge in [0, 0.05) is 17.7 Å². The van der Waals surface area contributed by atoms with Crippen molar-refractivity contribution >= 4 is 69.6 Å². The van der Waals surface area contributed by atoms with E-state index < -0.39 is 45.4 Å². The summed E-state index contributed by atoms with van der Waals surface area (Å²) in [5.74, 6) is -5.36. The number of alkyl halides is 2. The Labute approximate surface area is 211 Å². The molecule has 4 nitrogen and oxygen atoms in total. The number of amides is 2. The van der Waals surface area contributed by atoms with E-state index in [0.29, 0.717) is 11.6 Å². The highest BCUT2D eigenvalue weighted by atomic mass is 35.5. The number of benzene rings is 3. The molecule has 0 aromatic heterocycles. The maximum Gasteiger partial charge on any atom is 0.257 e. The molecule has 11 heteroatoms. The summed E-state index contributed by atoms with van der Waals surface area (Å²) < 4.78 is 39.3. The highest BCUT2D eigenvalue weighted by Gasteiger charge is 2.67. The zero-order valence-electron chi connectivity index (χ0n) is 16.8. The predicted molar refractivity (Wildman–Crippen MR) is 126 cm³/mol. The number of rotatable bonds is 5. The Morgan fingerprint density at radius 2 is 1.53 bits per heavy atom. The maximum atomic E-state index is 13.9. The van der Waals surface area contributed by atoms with Gasteiger partial charge in [-0.1, -0.05) is 29.3 Å². The van der Waals surface area contributed by atoms with Crippen molar-refractivity contribution in [3.8, 4) is 0 Å². The van der Waals surface area contributed by atoms with Crippen LogP contribution >= 0.6 is 46.4 Å². The van der Waals surface area contributed by atoms with Crippen LogP contribution in [0.4, 0.5) is 24.5 Å². The van der Waals surface area contributed by atoms with E-state index in [-0.39, 0.29) is 27.0 Å². The minimum absolute atomic E-state index is 0.0305. The minimum atomic E-state index is -1.48. The van der Waals surface area contributed by atoms with Crippen molar-refractivity contribution < 1.29 is 22.8 Å². The number of halogens is 7. The van der Waals surface area contributed by atoms with Crippen molar-refractivity contribution in [1.29, 1.82) is 0 Å². The first-order chi connectivity index (χ1) is 16.0. The van der Waals surface area contributed by atoms with Gasteiger partial charge in [0.25, 0.3) is 5.91 Å². The van der Waals surface area contributed by atoms with Gasteiger partial charge in [0.05, 0.1) is 27.2 Å². The molecule has 2 N–H and O–H groups in total. The van der Waals surface area contributed by atoms with Crippen molar-refractivity contribution in [2.45, 2.75) is 10.3 Å². The Hall–Kier alpha value is -2.45. The molecule has 3 aromatic rings. The molecule has 34 heavy (non-hydrogen) atoms. The molecule has 1 fully saturated rings. The lowest BCUT2D eigenvalue weighted by molar-refractivity contribution is -0.117. The fourth-order valence-electron chi connectivity index (χ4n) is 3.55. The van der Waals surface area contributed by atoms with Crippen molar-refractivity contribution in [3.63, 3.8) is 0 Å². The molecule has 1 aliphatic rings. The van der Waals surface area contributed by atoms with Crippen LogP contribution in [0.25, 0.3) is 0 Å². The molecule has 0 heterocycles. The number of hydrogen-bond acceptors (Lipinski definition) is 2. The third-order valence-electron chi connectivity index (χ3n) is 5.30. The molecular weight excluding hydrogens is 535 g/mol. The summed E-state index contributed by atoms with van der Waals surface area (Å²) in [6, 6.07) is 10.8. The molecule has 3 aromatic carbocycles. The van der Waals surface area contributed by atoms with Gasteiger partial charge in [-0.15, -0.1) is 23.2 Å². The van der Waals surface area contributed by atoms with Gasteiger partial charge in [0.1, 0.15) is 21.8 Å². The molecule has 176 valence electrons. The number of anilines is 2. The summed E-state index contributed by atoms with van der Waals surface area (Å²) in [4.78, 5) is 25.4. The summed E-state index contributed by atoms with van der Waals surface area (Å²) in [6.07, 6.45) is 0. The van der Waals surface area contributed by atoms with E-state index in [2.05, 4.69) is 10.6 Å². The lowest BCUT2D eigenvalue weighted by Crippen LogP contribution is -2.18. The van der Waals surface area contributed by atoms with E-state index >= 15 is 0 Å². The van der Waals surface area contributed by atoms with Crippen LogP contribution in [0.15, 0.2) is 54.6 Å². The van der Waals surface area contributed by atoms with Gasteiger partial charge < -0.3 is 10.6 Å². The van der Waals surface area contributed by atoms with Crippen LogP contribution in [0.2, 0.25) is 10.0 Å². The Morgan fingerprint density at radius 1 is 0.824 bits per heavy atom. The Bertz CT molecular complexity index is 1320. The third-order valence-corrected chi connectivity index (χ3v) is 6.87. The quantitative estimate of drug-likeness (QED) is 0.332. The van der Waals surface area contributed by atoms with Crippen molar-refractivity contribution in [2.75, 3.05) is 10.6 Å². The number of carbonyl (C=O) groups is 2. The lowest BCUT2D eigenvalue weighted by atomic mass is 10.1. The molecular formula is C23H13Cl4F3N2O2. The smallest absolute Gasteiger partial charge is 0.257 e. The van der Waals surface area contributed by atoms with Crippen LogP contribution in [-0.4, -0.2) is 16.1 Å². The monoisotopic (exact) mass is 546 g/mol. The topological polar surface area (TPSA) is 58.2 Å². The Balaban J connectivity index is 1.51. The molecule has 2 atom stereocenters. The molecule has 0 radical (unpaired) electrons. The fraction of sp³-hybridized carbons (Fsp3) is 0.130. The van der Waals surface area contributed by atoms with Crippen molar-refractivity contribution in [3.05, 3.63) is 93.2 Å². The fourth-order valence-corrected chi connectivity index (χ4v) is 4.70. The Morgan fingerprint density at radius 3 is 2.21 bits per heavy atom. The number of carbonyl (C=O) groups excluding carboxylic acids is 2. The standard InChI is InChI=1S/C23H13Cl4F3N2O2/c24-14-5-3-12(9-13(14)21(33)32-18-6-2-11(28)8-17(18)30)31-22(34)20-19(23(20,26)27)10-1-4-15(25)16(29)7-10/h1-9,19-20H,(H,31,34)(H,32,33)/t19-,20+/m1/s1. The Kier molecular flexibility index (Phi) is 6.75. The first-order valence-corrected chi connectivity index (χ1v) is 11.2. The molecule has 0 aliphatic heterocycles. The zero-order chi connectivity index (χ0) is 24.8. The van der Waals surface area contributed by atoms with Gasteiger partial charge in [-0.05, 0) is 48.0 Å². The zero-order valence-corrected chi connectivity index (χ0v) is 19.8. The van der Waals surface area contributed by atoms with E-state index in [9.17, 15) is 22.8 Å². The van der Waals surface area contributed by atoms with Crippen LogP contribution in [-0.2, 0) is 4.79 Å². The highest BCUT2D eigenvalue weighted by molar-refractivity contribution is 6.53. The molecule has 1 aliphatic carbocycles. The van der Waals surface area contributed by atoms with E-state index in [1.54, 1.807) is 0 Å². The van der Waals surface area contributed by atoms with Gasteiger partial charge >= 0.3 is 0 Å². The molecule has 0 saturated heterocycles. The third kappa shape index (κ3) is 4.84. The molecule has 0 spiro atoms. The summed E-state index contributed by atoms with van der Waals surface area (Å²) in [6.45, 7) is 0. The van der Waals surface area contributed by atoms with Gasteiger partial charge in [0.15, 0.2) is 0 Å². The van der Waals surface area contributed by atoms with Crippen molar-refractivity contribution in [2.24, 2.45) is 5.92 Å². The molecule has 0 bridgehead atoms. The summed E-state index contributed by atoms with van der Waals surface area (Å²) in [5, 5.41) is 4.85. The summed E-state index contributed by atoms with van der Waals surface area (Å²) >= 11 is 24.4. The SMILES string of the molecule is O=C(Nc1ccc(F)cc1F)c1cc(NC(=O)[C@@H]2[C@@H](c3ccc(Cl)c(F)c3)C2(Cl)Cl)ccc1Cl. The minimum Gasteiger partial charge on any atom is -0.326 e. The van der Waals surface area contributed by atoms with Crippen LogP contribution < -0.4 is 10.6 Å². The summed E-state index contributed by atoms with van der Waals surface area (Å²) in [5.41, 5.74) is 0.279. The van der Waals surface area contributed by atoms with Crippen LogP contribution in [0.3, 0.4) is 0 Å². The number of nitrogens with one attached hydrogen (secondary N) is 2. The number of hydrogen-bond donors (Lipinski definition) is 2.